The third-order valence-electron chi connectivity index (χ3n) is 4.80. The van der Waals surface area contributed by atoms with Gasteiger partial charge in [0.05, 0.1) is 22.7 Å². The van der Waals surface area contributed by atoms with Crippen LogP contribution >= 0.6 is 11.3 Å². The van der Waals surface area contributed by atoms with Gasteiger partial charge in [-0.3, -0.25) is 5.10 Å². The first-order chi connectivity index (χ1) is 13.7. The summed E-state index contributed by atoms with van der Waals surface area (Å²) in [4.78, 5) is 2.08. The molecule has 3 heterocycles. The maximum absolute atomic E-state index is 13.3. The molecule has 3 N–H and O–H groups in total. The van der Waals surface area contributed by atoms with Crippen molar-refractivity contribution in [1.82, 2.24) is 10.2 Å². The smallest absolute Gasteiger partial charge is 0.416 e. The lowest BCUT2D eigenvalue weighted by Gasteiger charge is -2.24. The zero-order chi connectivity index (χ0) is 20.9. The molecule has 2 aromatic heterocycles. The molecule has 148 valence electrons. The molecule has 1 aliphatic rings. The van der Waals surface area contributed by atoms with Gasteiger partial charge in [0.25, 0.3) is 0 Å². The number of nitrogens with zero attached hydrogens (tertiary/aromatic N) is 2. The Morgan fingerprint density at radius 2 is 2.03 bits per heavy atom. The number of rotatable bonds is 2. The van der Waals surface area contributed by atoms with Gasteiger partial charge in [0.1, 0.15) is 11.6 Å². The van der Waals surface area contributed by atoms with Crippen LogP contribution in [0.25, 0.3) is 11.3 Å². The fraction of sp³-hybridized carbons (Fsp3) is 0.200. The van der Waals surface area contributed by atoms with Crippen LogP contribution < -0.4 is 10.5 Å². The van der Waals surface area contributed by atoms with Crippen LogP contribution in [-0.2, 0) is 6.18 Å². The van der Waals surface area contributed by atoms with Crippen LogP contribution in [0.4, 0.5) is 13.2 Å². The molecule has 1 aliphatic heterocycles. The highest BCUT2D eigenvalue weighted by atomic mass is 32.1. The van der Waals surface area contributed by atoms with E-state index in [0.717, 1.165) is 27.5 Å². The molecule has 3 aromatic rings. The van der Waals surface area contributed by atoms with Crippen LogP contribution in [0.1, 0.15) is 32.4 Å². The molecule has 1 aromatic carbocycles. The molecule has 1 atom stereocenters. The Bertz CT molecular complexity index is 1180. The van der Waals surface area contributed by atoms with Crippen LogP contribution in [0.3, 0.4) is 0 Å². The summed E-state index contributed by atoms with van der Waals surface area (Å²) in [6.45, 7) is 3.90. The topological polar surface area (TPSA) is 87.7 Å². The van der Waals surface area contributed by atoms with Crippen molar-refractivity contribution in [2.45, 2.75) is 25.9 Å². The van der Waals surface area contributed by atoms with Crippen LogP contribution in [0.15, 0.2) is 41.8 Å². The summed E-state index contributed by atoms with van der Waals surface area (Å²) in [6.07, 6.45) is -4.51. The SMILES string of the molecule is Cc1cc(-c2[nH]nc3c2[C@@H](c2cccc(C(F)(F)F)c2)C(C#N)=C(N)O3)c(C)s1. The first kappa shape index (κ1) is 19.1. The average Bonchev–Trinajstić information content (AvgIpc) is 3.21. The average molecular weight is 416 g/mol. The molecule has 9 heteroatoms. The highest BCUT2D eigenvalue weighted by Gasteiger charge is 2.38. The number of H-pyrrole nitrogens is 1. The monoisotopic (exact) mass is 416 g/mol. The summed E-state index contributed by atoms with van der Waals surface area (Å²) in [5, 5.41) is 16.8. The number of hydrogen-bond acceptors (Lipinski definition) is 5. The first-order valence-electron chi connectivity index (χ1n) is 8.61. The molecule has 0 saturated carbocycles. The number of benzene rings is 1. The molecule has 0 fully saturated rings. The van der Waals surface area contributed by atoms with Gasteiger partial charge in [0.2, 0.25) is 11.8 Å². The summed E-state index contributed by atoms with van der Waals surface area (Å²) in [5.74, 6) is -0.847. The lowest BCUT2D eigenvalue weighted by Crippen LogP contribution is -2.21. The van der Waals surface area contributed by atoms with Crippen molar-refractivity contribution in [3.05, 3.63) is 68.2 Å². The minimum absolute atomic E-state index is 0.0454. The molecular weight excluding hydrogens is 401 g/mol. The minimum atomic E-state index is -4.51. The number of allylic oxidation sites excluding steroid dienone is 1. The van der Waals surface area contributed by atoms with Crippen LogP contribution in [0.5, 0.6) is 5.88 Å². The molecule has 0 unspecified atom stereocenters. The number of fused-ring (bicyclic) bond motifs is 1. The van der Waals surface area contributed by atoms with Gasteiger partial charge in [-0.15, -0.1) is 16.4 Å². The van der Waals surface area contributed by atoms with Crippen LogP contribution in [0.2, 0.25) is 0 Å². The molecule has 0 bridgehead atoms. The van der Waals surface area contributed by atoms with E-state index in [0.29, 0.717) is 11.3 Å². The number of halogens is 3. The van der Waals surface area contributed by atoms with Gasteiger partial charge in [0.15, 0.2) is 0 Å². The van der Waals surface area contributed by atoms with Gasteiger partial charge >= 0.3 is 6.18 Å². The summed E-state index contributed by atoms with van der Waals surface area (Å²) in [6, 6.07) is 8.85. The minimum Gasteiger partial charge on any atom is -0.420 e. The number of nitrogens with two attached hydrogens (primary N) is 1. The maximum Gasteiger partial charge on any atom is 0.416 e. The molecule has 0 amide bonds. The second kappa shape index (κ2) is 6.67. The molecular formula is C20H15F3N4OS. The maximum atomic E-state index is 13.3. The standard InChI is InChI=1S/C20H15F3N4OS/c1-9-6-13(10(2)29-9)17-16-15(11-4-3-5-12(7-11)20(21,22)23)14(8-24)18(25)28-19(16)27-26-17/h3-7,15H,25H2,1-2H3,(H,26,27)/t15-/m0/s1. The number of nitrogens with one attached hydrogen (secondary N) is 1. The zero-order valence-corrected chi connectivity index (χ0v) is 16.2. The third kappa shape index (κ3) is 3.15. The van der Waals surface area contributed by atoms with E-state index in [1.54, 1.807) is 17.4 Å². The number of thiophene rings is 1. The van der Waals surface area contributed by atoms with Crippen molar-refractivity contribution in [2.75, 3.05) is 0 Å². The van der Waals surface area contributed by atoms with Crippen molar-refractivity contribution in [3.8, 4) is 23.2 Å². The van der Waals surface area contributed by atoms with Crippen LogP contribution in [-0.4, -0.2) is 10.2 Å². The van der Waals surface area contributed by atoms with Crippen molar-refractivity contribution in [3.63, 3.8) is 0 Å². The molecule has 4 rings (SSSR count). The molecule has 0 radical (unpaired) electrons. The second-order valence-corrected chi connectivity index (χ2v) is 8.15. The molecule has 0 spiro atoms. The number of aromatic amines is 1. The summed E-state index contributed by atoms with van der Waals surface area (Å²) >= 11 is 1.59. The van der Waals surface area contributed by atoms with E-state index in [4.69, 9.17) is 10.5 Å². The Kier molecular flexibility index (Phi) is 4.39. The van der Waals surface area contributed by atoms with Gasteiger partial charge in [-0.2, -0.15) is 18.4 Å². The first-order valence-corrected chi connectivity index (χ1v) is 9.42. The molecule has 29 heavy (non-hydrogen) atoms. The number of ether oxygens (including phenoxy) is 1. The largest absolute Gasteiger partial charge is 0.420 e. The Hall–Kier alpha value is -3.25. The number of aryl methyl sites for hydroxylation is 2. The van der Waals surface area contributed by atoms with E-state index in [-0.39, 0.29) is 22.9 Å². The lowest BCUT2D eigenvalue weighted by atomic mass is 9.82. The zero-order valence-electron chi connectivity index (χ0n) is 15.4. The molecule has 0 aliphatic carbocycles. The van der Waals surface area contributed by atoms with Gasteiger partial charge < -0.3 is 10.5 Å². The number of hydrogen-bond donors (Lipinski definition) is 2. The summed E-state index contributed by atoms with van der Waals surface area (Å²) in [7, 11) is 0. The van der Waals surface area contributed by atoms with Gasteiger partial charge in [-0.25, -0.2) is 0 Å². The van der Waals surface area contributed by atoms with E-state index in [1.165, 1.54) is 6.07 Å². The fourth-order valence-corrected chi connectivity index (χ4v) is 4.49. The van der Waals surface area contributed by atoms with Crippen molar-refractivity contribution >= 4 is 11.3 Å². The summed E-state index contributed by atoms with van der Waals surface area (Å²) in [5.41, 5.74) is 7.39. The predicted octanol–water partition coefficient (Wildman–Crippen LogP) is 4.99. The Morgan fingerprint density at radius 1 is 1.28 bits per heavy atom. The van der Waals surface area contributed by atoms with Crippen molar-refractivity contribution in [2.24, 2.45) is 5.73 Å². The van der Waals surface area contributed by atoms with Crippen molar-refractivity contribution < 1.29 is 17.9 Å². The van der Waals surface area contributed by atoms with E-state index in [9.17, 15) is 18.4 Å². The van der Waals surface area contributed by atoms with Crippen molar-refractivity contribution in [1.29, 1.82) is 5.26 Å². The number of nitriles is 1. The van der Waals surface area contributed by atoms with Gasteiger partial charge in [0, 0.05) is 15.3 Å². The van der Waals surface area contributed by atoms with Gasteiger partial charge in [-0.1, -0.05) is 18.2 Å². The predicted molar refractivity (Wildman–Crippen MR) is 102 cm³/mol. The van der Waals surface area contributed by atoms with Gasteiger partial charge in [-0.05, 0) is 31.5 Å². The number of aromatic nitrogens is 2. The Morgan fingerprint density at radius 3 is 2.66 bits per heavy atom. The molecule has 0 saturated heterocycles. The highest BCUT2D eigenvalue weighted by Crippen LogP contribution is 2.47. The highest BCUT2D eigenvalue weighted by molar-refractivity contribution is 7.12. The normalized spacial score (nSPS) is 16.3. The molecule has 5 nitrogen and oxygen atoms in total. The van der Waals surface area contributed by atoms with E-state index in [1.807, 2.05) is 26.0 Å². The Labute approximate surface area is 168 Å². The third-order valence-corrected chi connectivity index (χ3v) is 5.76. The second-order valence-electron chi connectivity index (χ2n) is 6.69. The summed E-state index contributed by atoms with van der Waals surface area (Å²) < 4.78 is 45.4. The number of alkyl halides is 3. The lowest BCUT2D eigenvalue weighted by molar-refractivity contribution is -0.137. The van der Waals surface area contributed by atoms with E-state index in [2.05, 4.69) is 10.2 Å². The fourth-order valence-electron chi connectivity index (χ4n) is 3.56. The van der Waals surface area contributed by atoms with E-state index >= 15 is 0 Å². The quantitative estimate of drug-likeness (QED) is 0.616. The van der Waals surface area contributed by atoms with E-state index < -0.39 is 17.7 Å². The Balaban J connectivity index is 1.96. The van der Waals surface area contributed by atoms with Crippen LogP contribution in [0, 0.1) is 25.2 Å².